The smallest absolute Gasteiger partial charge is 0.266 e. The number of hydrogen-bond donors (Lipinski definition) is 1. The Morgan fingerprint density at radius 2 is 1.69 bits per heavy atom. The summed E-state index contributed by atoms with van der Waals surface area (Å²) in [5.41, 5.74) is 2.16. The van der Waals surface area contributed by atoms with Gasteiger partial charge in [0.2, 0.25) is 0 Å². The molecule has 1 N–H and O–H groups in total. The molecule has 1 amide bonds. The second kappa shape index (κ2) is 13.3. The number of carbonyl (C=O) groups is 1. The molecule has 6 fully saturated rings. The van der Waals surface area contributed by atoms with Gasteiger partial charge in [-0.3, -0.25) is 9.69 Å². The van der Waals surface area contributed by atoms with Crippen molar-refractivity contribution >= 4 is 64.3 Å². The van der Waals surface area contributed by atoms with Crippen LogP contribution in [0.25, 0.3) is 17.4 Å². The molecule has 0 radical (unpaired) electrons. The van der Waals surface area contributed by atoms with Gasteiger partial charge in [-0.15, -0.1) is 12.4 Å². The highest BCUT2D eigenvalue weighted by atomic mass is 35.5. The van der Waals surface area contributed by atoms with Crippen molar-refractivity contribution in [2.45, 2.75) is 63.8 Å². The molecular formula is C33H41Cl2N3O2S2. The van der Waals surface area contributed by atoms with E-state index in [1.54, 1.807) is 0 Å². The van der Waals surface area contributed by atoms with Crippen molar-refractivity contribution in [1.82, 2.24) is 15.1 Å². The number of halogens is 2. The fourth-order valence-corrected chi connectivity index (χ4v) is 9.90. The number of nitrogens with one attached hydrogen (secondary N) is 1. The molecule has 0 atom stereocenters. The first-order valence-corrected chi connectivity index (χ1v) is 17.2. The second-order valence-corrected chi connectivity index (χ2v) is 15.0. The summed E-state index contributed by atoms with van der Waals surface area (Å²) in [6, 6.07) is 10.2. The van der Waals surface area contributed by atoms with Crippen LogP contribution in [0.4, 0.5) is 0 Å². The number of benzene rings is 1. The molecule has 0 unspecified atom stereocenters. The monoisotopic (exact) mass is 645 g/mol. The van der Waals surface area contributed by atoms with E-state index in [0.717, 1.165) is 77.8 Å². The first-order valence-electron chi connectivity index (χ1n) is 15.6. The number of thiocarbonyl (C=S) groups is 1. The van der Waals surface area contributed by atoms with E-state index in [1.807, 2.05) is 35.2 Å². The van der Waals surface area contributed by atoms with E-state index in [4.69, 9.17) is 28.2 Å². The summed E-state index contributed by atoms with van der Waals surface area (Å²) >= 11 is 13.5. The Labute approximate surface area is 270 Å². The average Bonchev–Trinajstić information content (AvgIpc) is 3.49. The normalized spacial score (nSPS) is 30.0. The number of carbonyl (C=O) groups excluding carboxylic acids is 1. The van der Waals surface area contributed by atoms with Crippen LogP contribution in [0.1, 0.15) is 62.7 Å². The number of unbranched alkanes of at least 4 members (excludes halogenated alkanes) is 2. The molecule has 0 spiro atoms. The van der Waals surface area contributed by atoms with Crippen molar-refractivity contribution in [3.8, 4) is 11.3 Å². The molecular weight excluding hydrogens is 605 g/mol. The number of piperazine rings is 1. The van der Waals surface area contributed by atoms with Crippen LogP contribution in [0.3, 0.4) is 0 Å². The van der Waals surface area contributed by atoms with Crippen LogP contribution in [0.5, 0.6) is 0 Å². The molecule has 4 saturated carbocycles. The highest BCUT2D eigenvalue weighted by Gasteiger charge is 2.53. The Bertz CT molecular complexity index is 1290. The third kappa shape index (κ3) is 6.38. The number of thioether (sulfide) groups is 1. The maximum absolute atomic E-state index is 13.9. The number of amides is 1. The van der Waals surface area contributed by atoms with Crippen molar-refractivity contribution < 1.29 is 9.21 Å². The maximum Gasteiger partial charge on any atom is 0.266 e. The highest BCUT2D eigenvalue weighted by molar-refractivity contribution is 8.26. The number of furan rings is 1. The lowest BCUT2D eigenvalue weighted by atomic mass is 9.54. The predicted molar refractivity (Wildman–Crippen MR) is 179 cm³/mol. The van der Waals surface area contributed by atoms with Gasteiger partial charge in [-0.2, -0.15) is 0 Å². The van der Waals surface area contributed by atoms with Gasteiger partial charge in [0.25, 0.3) is 5.91 Å². The number of rotatable bonds is 9. The van der Waals surface area contributed by atoms with Gasteiger partial charge < -0.3 is 14.6 Å². The summed E-state index contributed by atoms with van der Waals surface area (Å²) in [5.74, 6) is 4.68. The molecule has 1 aromatic heterocycles. The largest absolute Gasteiger partial charge is 0.456 e. The van der Waals surface area contributed by atoms with E-state index < -0.39 is 0 Å². The van der Waals surface area contributed by atoms with Gasteiger partial charge in [-0.05, 0) is 117 Å². The zero-order valence-corrected chi connectivity index (χ0v) is 27.3. The molecule has 2 aromatic rings. The van der Waals surface area contributed by atoms with Crippen LogP contribution in [0.15, 0.2) is 39.7 Å². The quantitative estimate of drug-likeness (QED) is 0.172. The SMILES string of the molecule is Cl.O=C1/C(=C/c2oc(-c3ccc(Cl)cc3)cc2CCCCCN2CCNCC2)SC(=S)N1C1C2CC3CC(C2)CC1C3. The molecule has 2 saturated heterocycles. The van der Waals surface area contributed by atoms with Gasteiger partial charge in [0.15, 0.2) is 0 Å². The summed E-state index contributed by atoms with van der Waals surface area (Å²) in [6.07, 6.45) is 12.9. The molecule has 42 heavy (non-hydrogen) atoms. The zero-order chi connectivity index (χ0) is 27.9. The first kappa shape index (κ1) is 30.7. The Morgan fingerprint density at radius 1 is 1.00 bits per heavy atom. The Hall–Kier alpha value is -1.35. The third-order valence-electron chi connectivity index (χ3n) is 10.2. The summed E-state index contributed by atoms with van der Waals surface area (Å²) in [7, 11) is 0. The van der Waals surface area contributed by atoms with E-state index in [2.05, 4.69) is 16.3 Å². The minimum absolute atomic E-state index is 0. The van der Waals surface area contributed by atoms with Crippen LogP contribution in [-0.4, -0.2) is 58.8 Å². The van der Waals surface area contributed by atoms with E-state index in [-0.39, 0.29) is 24.4 Å². The zero-order valence-electron chi connectivity index (χ0n) is 24.1. The van der Waals surface area contributed by atoms with Gasteiger partial charge in [-0.25, -0.2) is 0 Å². The van der Waals surface area contributed by atoms with Crippen molar-refractivity contribution in [3.63, 3.8) is 0 Å². The van der Waals surface area contributed by atoms with Gasteiger partial charge in [0.05, 0.1) is 4.91 Å². The van der Waals surface area contributed by atoms with Crippen molar-refractivity contribution in [2.24, 2.45) is 23.7 Å². The molecule has 4 aliphatic carbocycles. The van der Waals surface area contributed by atoms with Gasteiger partial charge in [0, 0.05) is 48.9 Å². The minimum Gasteiger partial charge on any atom is -0.456 e. The standard InChI is InChI=1S/C33H40ClN3O2S2.ClH/c34-27-7-5-23(6-8-27)28-19-24(4-2-1-3-11-36-12-9-35-10-13-36)29(39-28)20-30-32(38)37(33(40)41-30)31-25-15-21-14-22(17-25)18-26(31)16-21;/h5-8,19-22,25-26,31,35H,1-4,9-18H2;1H/b30-20-;. The molecule has 1 aromatic carbocycles. The number of aryl methyl sites for hydroxylation is 1. The molecule has 5 nitrogen and oxygen atoms in total. The number of nitrogens with zero attached hydrogens (tertiary/aromatic N) is 2. The molecule has 3 heterocycles. The maximum atomic E-state index is 13.9. The Kier molecular flexibility index (Phi) is 9.74. The molecule has 6 aliphatic rings. The minimum atomic E-state index is 0. The average molecular weight is 647 g/mol. The molecule has 4 bridgehead atoms. The van der Waals surface area contributed by atoms with Gasteiger partial charge in [0.1, 0.15) is 15.8 Å². The molecule has 8 rings (SSSR count). The Balaban J connectivity index is 0.00000316. The van der Waals surface area contributed by atoms with Crippen molar-refractivity contribution in [2.75, 3.05) is 32.7 Å². The molecule has 9 heteroatoms. The lowest BCUT2D eigenvalue weighted by molar-refractivity contribution is -0.130. The highest BCUT2D eigenvalue weighted by Crippen LogP contribution is 2.56. The lowest BCUT2D eigenvalue weighted by Crippen LogP contribution is -2.57. The summed E-state index contributed by atoms with van der Waals surface area (Å²) < 4.78 is 7.19. The van der Waals surface area contributed by atoms with E-state index in [9.17, 15) is 4.79 Å². The lowest BCUT2D eigenvalue weighted by Gasteiger charge is -2.56. The second-order valence-electron chi connectivity index (χ2n) is 12.9. The van der Waals surface area contributed by atoms with Gasteiger partial charge >= 0.3 is 0 Å². The van der Waals surface area contributed by atoms with Crippen LogP contribution >= 0.6 is 48.0 Å². The van der Waals surface area contributed by atoms with Crippen molar-refractivity contribution in [3.05, 3.63) is 51.6 Å². The fraction of sp³-hybridized carbons (Fsp3) is 0.576. The predicted octanol–water partition coefficient (Wildman–Crippen LogP) is 7.67. The van der Waals surface area contributed by atoms with Gasteiger partial charge in [-0.1, -0.05) is 42.0 Å². The summed E-state index contributed by atoms with van der Waals surface area (Å²) in [6.45, 7) is 5.67. The third-order valence-corrected chi connectivity index (χ3v) is 11.7. The van der Waals surface area contributed by atoms with E-state index in [1.165, 1.54) is 63.3 Å². The summed E-state index contributed by atoms with van der Waals surface area (Å²) in [5, 5.41) is 4.14. The first-order chi connectivity index (χ1) is 20.0. The number of hydrogen-bond acceptors (Lipinski definition) is 6. The fourth-order valence-electron chi connectivity index (χ4n) is 8.45. The van der Waals surface area contributed by atoms with Crippen LogP contribution in [0.2, 0.25) is 5.02 Å². The van der Waals surface area contributed by atoms with E-state index in [0.29, 0.717) is 21.8 Å². The van der Waals surface area contributed by atoms with Crippen LogP contribution in [0, 0.1) is 23.7 Å². The van der Waals surface area contributed by atoms with Crippen LogP contribution < -0.4 is 5.32 Å². The van der Waals surface area contributed by atoms with Crippen molar-refractivity contribution in [1.29, 1.82) is 0 Å². The van der Waals surface area contributed by atoms with E-state index >= 15 is 0 Å². The summed E-state index contributed by atoms with van der Waals surface area (Å²) in [4.78, 5) is 19.2. The topological polar surface area (TPSA) is 48.7 Å². The molecule has 226 valence electrons. The molecule has 2 aliphatic heterocycles. The Morgan fingerprint density at radius 3 is 2.38 bits per heavy atom. The van der Waals surface area contributed by atoms with Crippen LogP contribution in [-0.2, 0) is 11.2 Å².